The highest BCUT2D eigenvalue weighted by Crippen LogP contribution is 2.40. The summed E-state index contributed by atoms with van der Waals surface area (Å²) in [6.07, 6.45) is -7.47. The number of hydrogen-bond acceptors (Lipinski definition) is 9. The predicted molar refractivity (Wildman–Crippen MR) is 165 cm³/mol. The molecule has 0 saturated heterocycles. The van der Waals surface area contributed by atoms with Gasteiger partial charge >= 0.3 is 18.4 Å². The number of pyridine rings is 1. The monoisotopic (exact) mass is 704 g/mol. The van der Waals surface area contributed by atoms with Crippen LogP contribution in [-0.4, -0.2) is 90.8 Å². The Labute approximate surface area is 279 Å². The first-order valence-electron chi connectivity index (χ1n) is 14.8. The fraction of sp³-hybridized carbons (Fsp3) is 0.516. The van der Waals surface area contributed by atoms with Gasteiger partial charge in [-0.2, -0.15) is 13.2 Å². The molecule has 1 aromatic carbocycles. The van der Waals surface area contributed by atoms with Gasteiger partial charge < -0.3 is 30.5 Å². The molecule has 13 nitrogen and oxygen atoms in total. The number of aromatic nitrogens is 1. The number of aliphatic hydroxyl groups is 1. The Morgan fingerprint density at radius 3 is 1.92 bits per heavy atom. The molecule has 0 saturated carbocycles. The number of rotatable bonds is 13. The molecule has 0 bridgehead atoms. The molecule has 2 rings (SSSR count). The molecule has 0 aliphatic heterocycles. The highest BCUT2D eigenvalue weighted by atomic mass is 19.4. The first kappa shape index (κ1) is 40.6. The summed E-state index contributed by atoms with van der Waals surface area (Å²) in [5, 5.41) is 18.0. The molecule has 1 heterocycles. The zero-order valence-corrected chi connectivity index (χ0v) is 28.0. The quantitative estimate of drug-likeness (QED) is 0.155. The van der Waals surface area contributed by atoms with Crippen molar-refractivity contribution >= 4 is 24.0 Å². The van der Waals surface area contributed by atoms with Crippen LogP contribution in [0.25, 0.3) is 11.3 Å². The first-order chi connectivity index (χ1) is 22.6. The number of nitrogens with zero attached hydrogens (tertiary/aromatic N) is 2. The molecule has 2 aromatic rings. The van der Waals surface area contributed by atoms with Crippen LogP contribution in [0.2, 0.25) is 0 Å². The maximum Gasteiger partial charge on any atom is 0.407 e. The van der Waals surface area contributed by atoms with Gasteiger partial charge in [0, 0.05) is 37.0 Å². The van der Waals surface area contributed by atoms with Crippen LogP contribution in [0.3, 0.4) is 0 Å². The molecule has 49 heavy (non-hydrogen) atoms. The minimum atomic E-state index is -4.96. The number of hydrogen-bond donors (Lipinski definition) is 5. The standard InChI is InChI=1S/C31H41F5N6O7/c1-29(2,3)23(39-27(46)48-6)26(45)41-42(16-19-20(32)12-17(13-21(19)33)22-10-8-9-11-37-22)15-18(43)14-38-25(44)24(40-28(47)49-7)30(4,5)31(34,35)36/h8-13,18,23-24,43H,14-16H2,1-7H3,(H,38,44)(H,39,46)(H,40,47)(H,41,45)/t18-,23-,24?/m1/s1. The lowest BCUT2D eigenvalue weighted by Gasteiger charge is -2.35. The SMILES string of the molecule is COC(=O)NC(C(=O)NC[C@@H](O)CN(Cc1c(F)cc(-c2ccccn2)cc1F)NC(=O)[C@@H](NC(=O)OC)C(C)(C)C)C(C)(C)C(F)(F)F. The van der Waals surface area contributed by atoms with Gasteiger partial charge in [-0.1, -0.05) is 26.8 Å². The smallest absolute Gasteiger partial charge is 0.407 e. The summed E-state index contributed by atoms with van der Waals surface area (Å²) in [6, 6.07) is 3.35. The maximum absolute atomic E-state index is 15.3. The summed E-state index contributed by atoms with van der Waals surface area (Å²) >= 11 is 0. The van der Waals surface area contributed by atoms with Crippen molar-refractivity contribution in [1.82, 2.24) is 31.4 Å². The Morgan fingerprint density at radius 2 is 1.45 bits per heavy atom. The van der Waals surface area contributed by atoms with Gasteiger partial charge in [-0.3, -0.25) is 20.0 Å². The average Bonchev–Trinajstić information content (AvgIpc) is 3.01. The second-order valence-electron chi connectivity index (χ2n) is 12.6. The summed E-state index contributed by atoms with van der Waals surface area (Å²) in [7, 11) is 1.96. The van der Waals surface area contributed by atoms with Crippen LogP contribution < -0.4 is 21.4 Å². The molecule has 5 N–H and O–H groups in total. The van der Waals surface area contributed by atoms with Gasteiger partial charge in [-0.15, -0.1) is 0 Å². The van der Waals surface area contributed by atoms with Crippen molar-refractivity contribution in [3.05, 3.63) is 53.7 Å². The highest BCUT2D eigenvalue weighted by molar-refractivity contribution is 5.87. The molecule has 272 valence electrons. The van der Waals surface area contributed by atoms with Gasteiger partial charge in [0.05, 0.1) is 31.4 Å². The van der Waals surface area contributed by atoms with Crippen LogP contribution in [-0.2, 0) is 25.6 Å². The lowest BCUT2D eigenvalue weighted by Crippen LogP contribution is -2.60. The van der Waals surface area contributed by atoms with Crippen molar-refractivity contribution in [1.29, 1.82) is 0 Å². The fourth-order valence-electron chi connectivity index (χ4n) is 4.40. The van der Waals surface area contributed by atoms with Crippen molar-refractivity contribution in [2.45, 2.75) is 65.5 Å². The molecular formula is C31H41F5N6O7. The maximum atomic E-state index is 15.3. The Morgan fingerprint density at radius 1 is 0.898 bits per heavy atom. The lowest BCUT2D eigenvalue weighted by atomic mass is 9.83. The first-order valence-corrected chi connectivity index (χ1v) is 14.8. The van der Waals surface area contributed by atoms with Crippen LogP contribution in [0.5, 0.6) is 0 Å². The van der Waals surface area contributed by atoms with E-state index >= 15 is 8.78 Å². The third-order valence-electron chi connectivity index (χ3n) is 7.40. The summed E-state index contributed by atoms with van der Waals surface area (Å²) < 4.78 is 80.9. The fourth-order valence-corrected chi connectivity index (χ4v) is 4.40. The van der Waals surface area contributed by atoms with Crippen molar-refractivity contribution in [3.63, 3.8) is 0 Å². The van der Waals surface area contributed by atoms with Gasteiger partial charge in [0.1, 0.15) is 23.7 Å². The number of carbonyl (C=O) groups excluding carboxylic acids is 4. The number of halogens is 5. The predicted octanol–water partition coefficient (Wildman–Crippen LogP) is 3.42. The highest BCUT2D eigenvalue weighted by Gasteiger charge is 2.55. The van der Waals surface area contributed by atoms with Gasteiger partial charge in [0.2, 0.25) is 5.91 Å². The van der Waals surface area contributed by atoms with Crippen LogP contribution in [0.15, 0.2) is 36.5 Å². The molecule has 3 atom stereocenters. The molecule has 0 spiro atoms. The second-order valence-corrected chi connectivity index (χ2v) is 12.6. The number of benzene rings is 1. The number of hydrazine groups is 1. The molecular weight excluding hydrogens is 663 g/mol. The molecule has 0 fully saturated rings. The average molecular weight is 705 g/mol. The summed E-state index contributed by atoms with van der Waals surface area (Å²) in [6.45, 7) is 4.12. The van der Waals surface area contributed by atoms with E-state index in [9.17, 15) is 37.5 Å². The summed E-state index contributed by atoms with van der Waals surface area (Å²) in [5.41, 5.74) is -1.46. The Bertz CT molecular complexity index is 1450. The summed E-state index contributed by atoms with van der Waals surface area (Å²) in [4.78, 5) is 54.1. The van der Waals surface area contributed by atoms with E-state index in [1.54, 1.807) is 32.9 Å². The third-order valence-corrected chi connectivity index (χ3v) is 7.40. The summed E-state index contributed by atoms with van der Waals surface area (Å²) in [5.74, 6) is -4.28. The van der Waals surface area contributed by atoms with E-state index in [0.29, 0.717) is 13.8 Å². The number of amides is 4. The van der Waals surface area contributed by atoms with Crippen molar-refractivity contribution in [2.75, 3.05) is 27.3 Å². The van der Waals surface area contributed by atoms with Gasteiger partial charge in [0.25, 0.3) is 5.91 Å². The van der Waals surface area contributed by atoms with Crippen molar-refractivity contribution < 1.29 is 55.7 Å². The zero-order chi connectivity index (χ0) is 37.3. The van der Waals surface area contributed by atoms with Gasteiger partial charge in [0.15, 0.2) is 0 Å². The second kappa shape index (κ2) is 16.7. The number of alkyl carbamates (subject to hydrolysis) is 2. The van der Waals surface area contributed by atoms with Gasteiger partial charge in [-0.25, -0.2) is 23.4 Å². The van der Waals surface area contributed by atoms with Crippen LogP contribution in [0.4, 0.5) is 31.5 Å². The number of carbonyl (C=O) groups is 4. The third kappa shape index (κ3) is 11.2. The molecule has 18 heteroatoms. The Hall–Kier alpha value is -4.58. The van der Waals surface area contributed by atoms with Gasteiger partial charge in [-0.05, 0) is 43.5 Å². The molecule has 1 aromatic heterocycles. The number of nitrogens with one attached hydrogen (secondary N) is 4. The molecule has 1 unspecified atom stereocenters. The zero-order valence-electron chi connectivity index (χ0n) is 28.0. The van der Waals surface area contributed by atoms with Crippen LogP contribution in [0, 0.1) is 22.5 Å². The lowest BCUT2D eigenvalue weighted by molar-refractivity contribution is -0.220. The normalized spacial score (nSPS) is 13.9. The Kier molecular flexibility index (Phi) is 13.8. The van der Waals surface area contributed by atoms with E-state index in [2.05, 4.69) is 30.5 Å². The number of aliphatic hydroxyl groups excluding tert-OH is 1. The van der Waals surface area contributed by atoms with E-state index in [0.717, 1.165) is 31.4 Å². The molecule has 0 radical (unpaired) electrons. The minimum absolute atomic E-state index is 0.115. The van der Waals surface area contributed by atoms with Crippen LogP contribution >= 0.6 is 0 Å². The number of methoxy groups -OCH3 is 2. The van der Waals surface area contributed by atoms with Crippen molar-refractivity contribution in [2.24, 2.45) is 10.8 Å². The van der Waals surface area contributed by atoms with E-state index < -0.39 is 96.0 Å². The molecule has 0 aliphatic carbocycles. The largest absolute Gasteiger partial charge is 0.453 e. The minimum Gasteiger partial charge on any atom is -0.453 e. The number of alkyl halides is 3. The van der Waals surface area contributed by atoms with Crippen LogP contribution in [0.1, 0.15) is 40.2 Å². The van der Waals surface area contributed by atoms with E-state index in [4.69, 9.17) is 0 Å². The Balaban J connectivity index is 2.38. The topological polar surface area (TPSA) is 171 Å². The van der Waals surface area contributed by atoms with E-state index in [1.807, 2.05) is 5.32 Å². The van der Waals surface area contributed by atoms with E-state index in [-0.39, 0.29) is 11.3 Å². The molecule has 4 amide bonds. The molecule has 0 aliphatic rings. The van der Waals surface area contributed by atoms with Crippen molar-refractivity contribution in [3.8, 4) is 11.3 Å². The van der Waals surface area contributed by atoms with E-state index in [1.165, 1.54) is 12.3 Å². The number of ether oxygens (including phenoxy) is 2.